The van der Waals surface area contributed by atoms with Crippen molar-refractivity contribution in [1.82, 2.24) is 14.9 Å². The number of likely N-dealkylation sites (tertiary alicyclic amines) is 1. The first-order valence-corrected chi connectivity index (χ1v) is 8.33. The second-order valence-corrected chi connectivity index (χ2v) is 6.85. The summed E-state index contributed by atoms with van der Waals surface area (Å²) in [6.07, 6.45) is 6.47. The molecule has 3 rings (SSSR count). The van der Waals surface area contributed by atoms with E-state index in [0.717, 1.165) is 18.9 Å². The molecule has 3 heterocycles. The third-order valence-corrected chi connectivity index (χ3v) is 4.83. The van der Waals surface area contributed by atoms with Crippen LogP contribution in [0.25, 0.3) is 0 Å². The monoisotopic (exact) mass is 302 g/mol. The Labute approximate surface area is 130 Å². The van der Waals surface area contributed by atoms with Gasteiger partial charge in [0.2, 0.25) is 0 Å². The maximum absolute atomic E-state index is 4.42. The fraction of sp³-hybridized carbons (Fsp3) is 0.500. The molecule has 1 aliphatic rings. The Balaban J connectivity index is 1.69. The van der Waals surface area contributed by atoms with Crippen LogP contribution in [0.15, 0.2) is 30.0 Å². The number of hydrogen-bond donors (Lipinski definition) is 0. The van der Waals surface area contributed by atoms with E-state index >= 15 is 0 Å². The Bertz CT molecular complexity index is 567. The normalized spacial score (nSPS) is 19.6. The van der Waals surface area contributed by atoms with Crippen LogP contribution in [0, 0.1) is 0 Å². The van der Waals surface area contributed by atoms with E-state index in [1.165, 1.54) is 29.8 Å². The molecular weight excluding hydrogens is 280 g/mol. The molecule has 0 aliphatic carbocycles. The molecule has 2 aromatic heterocycles. The Morgan fingerprint density at radius 1 is 1.43 bits per heavy atom. The lowest BCUT2D eigenvalue weighted by Crippen LogP contribution is -2.33. The zero-order valence-electron chi connectivity index (χ0n) is 12.7. The minimum absolute atomic E-state index is 0.619. The van der Waals surface area contributed by atoms with Crippen molar-refractivity contribution >= 4 is 17.2 Å². The van der Waals surface area contributed by atoms with Crippen LogP contribution in [-0.2, 0) is 6.54 Å². The summed E-state index contributed by atoms with van der Waals surface area (Å²) in [6, 6.07) is 4.41. The van der Waals surface area contributed by atoms with Gasteiger partial charge in [0.1, 0.15) is 5.82 Å². The minimum atomic E-state index is 0.619. The average molecular weight is 302 g/mol. The molecule has 1 fully saturated rings. The summed E-state index contributed by atoms with van der Waals surface area (Å²) >= 11 is 1.75. The van der Waals surface area contributed by atoms with Gasteiger partial charge in [0.25, 0.3) is 0 Å². The van der Waals surface area contributed by atoms with Gasteiger partial charge in [-0.15, -0.1) is 11.3 Å². The zero-order valence-corrected chi connectivity index (χ0v) is 13.5. The summed E-state index contributed by atoms with van der Waals surface area (Å²) in [4.78, 5) is 14.6. The lowest BCUT2D eigenvalue weighted by Gasteiger charge is -2.32. The van der Waals surface area contributed by atoms with Crippen LogP contribution in [0.4, 0.5) is 5.82 Å². The highest BCUT2D eigenvalue weighted by Gasteiger charge is 2.22. The van der Waals surface area contributed by atoms with E-state index < -0.39 is 0 Å². The van der Waals surface area contributed by atoms with E-state index in [1.54, 1.807) is 11.3 Å². The zero-order chi connectivity index (χ0) is 14.7. The number of anilines is 1. The van der Waals surface area contributed by atoms with Crippen LogP contribution < -0.4 is 4.90 Å². The van der Waals surface area contributed by atoms with Crippen LogP contribution in [0.1, 0.15) is 29.2 Å². The van der Waals surface area contributed by atoms with Crippen LogP contribution in [-0.4, -0.2) is 42.1 Å². The SMILES string of the molecule is CN(C)c1cc([C@H]2CCCN(Cc3cncs3)C2)ccn1. The van der Waals surface area contributed by atoms with Crippen LogP contribution in [0.2, 0.25) is 0 Å². The van der Waals surface area contributed by atoms with Crippen molar-refractivity contribution in [3.63, 3.8) is 0 Å². The van der Waals surface area contributed by atoms with E-state index in [2.05, 4.69) is 31.9 Å². The fourth-order valence-corrected chi connectivity index (χ4v) is 3.58. The van der Waals surface area contributed by atoms with Crippen molar-refractivity contribution in [2.45, 2.75) is 25.3 Å². The van der Waals surface area contributed by atoms with Crippen molar-refractivity contribution in [2.75, 3.05) is 32.1 Å². The molecule has 0 aromatic carbocycles. The molecule has 21 heavy (non-hydrogen) atoms. The van der Waals surface area contributed by atoms with Gasteiger partial charge in [0.05, 0.1) is 5.51 Å². The molecule has 0 saturated carbocycles. The van der Waals surface area contributed by atoms with Crippen molar-refractivity contribution < 1.29 is 0 Å². The molecule has 112 valence electrons. The summed E-state index contributed by atoms with van der Waals surface area (Å²) in [6.45, 7) is 3.36. The molecule has 5 heteroatoms. The molecule has 1 aliphatic heterocycles. The molecule has 0 spiro atoms. The van der Waals surface area contributed by atoms with E-state index in [1.807, 2.05) is 32.0 Å². The standard InChI is InChI=1S/C16H22N4S/c1-19(2)16-8-13(5-6-18-16)14-4-3-7-20(10-14)11-15-9-17-12-21-15/h5-6,8-9,12,14H,3-4,7,10-11H2,1-2H3/t14-/m0/s1. The maximum Gasteiger partial charge on any atom is 0.128 e. The maximum atomic E-state index is 4.42. The number of aromatic nitrogens is 2. The third kappa shape index (κ3) is 3.60. The number of thiazole rings is 1. The van der Waals surface area contributed by atoms with Gasteiger partial charge < -0.3 is 4.90 Å². The van der Waals surface area contributed by atoms with Gasteiger partial charge in [0.15, 0.2) is 0 Å². The number of nitrogens with zero attached hydrogens (tertiary/aromatic N) is 4. The fourth-order valence-electron chi connectivity index (χ4n) is 2.94. The number of rotatable bonds is 4. The van der Waals surface area contributed by atoms with Crippen molar-refractivity contribution in [2.24, 2.45) is 0 Å². The molecule has 2 aromatic rings. The van der Waals surface area contributed by atoms with Crippen molar-refractivity contribution in [3.8, 4) is 0 Å². The topological polar surface area (TPSA) is 32.3 Å². The van der Waals surface area contributed by atoms with Crippen LogP contribution >= 0.6 is 11.3 Å². The quantitative estimate of drug-likeness (QED) is 0.869. The second-order valence-electron chi connectivity index (χ2n) is 5.88. The first kappa shape index (κ1) is 14.5. The Hall–Kier alpha value is -1.46. The summed E-state index contributed by atoms with van der Waals surface area (Å²) in [5.74, 6) is 1.67. The third-order valence-electron chi connectivity index (χ3n) is 4.07. The van der Waals surface area contributed by atoms with Crippen molar-refractivity contribution in [3.05, 3.63) is 40.5 Å². The van der Waals surface area contributed by atoms with E-state index in [0.29, 0.717) is 5.92 Å². The van der Waals surface area contributed by atoms with Gasteiger partial charge in [-0.2, -0.15) is 0 Å². The number of pyridine rings is 1. The minimum Gasteiger partial charge on any atom is -0.363 e. The van der Waals surface area contributed by atoms with Gasteiger partial charge >= 0.3 is 0 Å². The predicted octanol–water partition coefficient (Wildman–Crippen LogP) is 2.98. The lowest BCUT2D eigenvalue weighted by atomic mass is 9.91. The largest absolute Gasteiger partial charge is 0.363 e. The molecule has 0 radical (unpaired) electrons. The molecule has 0 bridgehead atoms. The van der Waals surface area contributed by atoms with Gasteiger partial charge in [-0.05, 0) is 43.0 Å². The Kier molecular flexibility index (Phi) is 4.51. The van der Waals surface area contributed by atoms with Gasteiger partial charge in [-0.25, -0.2) is 4.98 Å². The smallest absolute Gasteiger partial charge is 0.128 e. The van der Waals surface area contributed by atoms with E-state index in [-0.39, 0.29) is 0 Å². The summed E-state index contributed by atoms with van der Waals surface area (Å²) in [5, 5.41) is 0. The highest BCUT2D eigenvalue weighted by molar-refractivity contribution is 7.09. The molecule has 0 N–H and O–H groups in total. The van der Waals surface area contributed by atoms with Gasteiger partial charge in [-0.3, -0.25) is 9.88 Å². The summed E-state index contributed by atoms with van der Waals surface area (Å²) < 4.78 is 0. The highest BCUT2D eigenvalue weighted by Crippen LogP contribution is 2.29. The predicted molar refractivity (Wildman–Crippen MR) is 87.9 cm³/mol. The van der Waals surface area contributed by atoms with E-state index in [4.69, 9.17) is 0 Å². The molecule has 0 amide bonds. The average Bonchev–Trinajstić information content (AvgIpc) is 3.00. The Morgan fingerprint density at radius 2 is 2.33 bits per heavy atom. The molecule has 4 nitrogen and oxygen atoms in total. The van der Waals surface area contributed by atoms with E-state index in [9.17, 15) is 0 Å². The highest BCUT2D eigenvalue weighted by atomic mass is 32.1. The van der Waals surface area contributed by atoms with Crippen LogP contribution in [0.3, 0.4) is 0 Å². The van der Waals surface area contributed by atoms with Gasteiger partial charge in [-0.1, -0.05) is 0 Å². The molecule has 0 unspecified atom stereocenters. The first-order chi connectivity index (χ1) is 10.2. The molecule has 1 atom stereocenters. The number of hydrogen-bond acceptors (Lipinski definition) is 5. The second kappa shape index (κ2) is 6.54. The van der Waals surface area contributed by atoms with Gasteiger partial charge in [0, 0.05) is 44.5 Å². The van der Waals surface area contributed by atoms with Crippen LogP contribution in [0.5, 0.6) is 0 Å². The molecule has 1 saturated heterocycles. The number of piperidine rings is 1. The summed E-state index contributed by atoms with van der Waals surface area (Å²) in [5.41, 5.74) is 3.34. The lowest BCUT2D eigenvalue weighted by molar-refractivity contribution is 0.201. The Morgan fingerprint density at radius 3 is 3.10 bits per heavy atom. The summed E-state index contributed by atoms with van der Waals surface area (Å²) in [7, 11) is 4.09. The van der Waals surface area contributed by atoms with Crippen molar-refractivity contribution in [1.29, 1.82) is 0 Å². The molecular formula is C16H22N4S. The first-order valence-electron chi connectivity index (χ1n) is 7.45.